The van der Waals surface area contributed by atoms with Crippen LogP contribution in [0, 0.1) is 0 Å². The van der Waals surface area contributed by atoms with Crippen molar-refractivity contribution in [3.63, 3.8) is 0 Å². The van der Waals surface area contributed by atoms with Gasteiger partial charge in [-0.2, -0.15) is 0 Å². The topological polar surface area (TPSA) is 48.7 Å². The summed E-state index contributed by atoms with van der Waals surface area (Å²) in [5.41, 5.74) is 1.54. The van der Waals surface area contributed by atoms with Crippen molar-refractivity contribution < 1.29 is 9.47 Å². The van der Waals surface area contributed by atoms with Crippen LogP contribution in [-0.2, 0) is 0 Å². The maximum Gasteiger partial charge on any atom is 0.171 e. The van der Waals surface area contributed by atoms with Gasteiger partial charge < -0.3 is 9.47 Å². The molecule has 3 aromatic rings. The van der Waals surface area contributed by atoms with Crippen LogP contribution in [0.4, 0.5) is 0 Å². The molecule has 0 N–H and O–H groups in total. The summed E-state index contributed by atoms with van der Waals surface area (Å²) in [4.78, 5) is 8.84. The van der Waals surface area contributed by atoms with Crippen molar-refractivity contribution in [2.45, 2.75) is 0 Å². The van der Waals surface area contributed by atoms with Gasteiger partial charge >= 0.3 is 0 Å². The molecule has 0 aliphatic rings. The highest BCUT2D eigenvalue weighted by Crippen LogP contribution is 2.38. The lowest BCUT2D eigenvalue weighted by Crippen LogP contribution is -1.97. The predicted octanol–water partition coefficient (Wildman–Crippen LogP) is 3.18. The first-order valence-electron chi connectivity index (χ1n) is 5.96. The van der Waals surface area contributed by atoms with Crippen molar-refractivity contribution in [3.05, 3.63) is 41.3 Å². The summed E-state index contributed by atoms with van der Waals surface area (Å²) in [6.45, 7) is 0. The Labute approximate surface area is 124 Å². The zero-order chi connectivity index (χ0) is 14.1. The molecule has 0 saturated heterocycles. The van der Waals surface area contributed by atoms with E-state index in [1.807, 2.05) is 34.9 Å². The standard InChI is InChI=1S/C14H12BrN3O2/c1-19-9-5-3-6-10(20-2)11(9)13-17-12(15)14-16-7-4-8-18(13)14/h3-8H,1-2H3. The molecule has 5 nitrogen and oxygen atoms in total. The molecule has 0 radical (unpaired) electrons. The molecule has 20 heavy (non-hydrogen) atoms. The van der Waals surface area contributed by atoms with Crippen LogP contribution in [0.5, 0.6) is 11.5 Å². The van der Waals surface area contributed by atoms with Gasteiger partial charge in [-0.05, 0) is 34.1 Å². The lowest BCUT2D eigenvalue weighted by Gasteiger charge is -2.11. The summed E-state index contributed by atoms with van der Waals surface area (Å²) in [6.07, 6.45) is 3.63. The van der Waals surface area contributed by atoms with E-state index in [0.717, 1.165) is 11.2 Å². The Hall–Kier alpha value is -2.08. The predicted molar refractivity (Wildman–Crippen MR) is 79.2 cm³/mol. The molecule has 2 aromatic heterocycles. The Balaban J connectivity index is 2.36. The highest BCUT2D eigenvalue weighted by Gasteiger charge is 2.19. The maximum absolute atomic E-state index is 5.43. The largest absolute Gasteiger partial charge is 0.496 e. The van der Waals surface area contributed by atoms with Crippen LogP contribution < -0.4 is 9.47 Å². The molecule has 6 heteroatoms. The minimum atomic E-state index is 0.682. The summed E-state index contributed by atoms with van der Waals surface area (Å²) < 4.78 is 13.4. The Bertz CT molecular complexity index is 748. The Morgan fingerprint density at radius 2 is 1.80 bits per heavy atom. The maximum atomic E-state index is 5.43. The third-order valence-electron chi connectivity index (χ3n) is 3.01. The molecule has 0 bridgehead atoms. The van der Waals surface area contributed by atoms with Gasteiger partial charge in [0.1, 0.15) is 17.1 Å². The van der Waals surface area contributed by atoms with E-state index < -0.39 is 0 Å². The zero-order valence-electron chi connectivity index (χ0n) is 11.0. The molecule has 0 amide bonds. The van der Waals surface area contributed by atoms with Crippen LogP contribution >= 0.6 is 15.9 Å². The number of benzene rings is 1. The van der Waals surface area contributed by atoms with Crippen molar-refractivity contribution in [3.8, 4) is 22.9 Å². The van der Waals surface area contributed by atoms with E-state index in [-0.39, 0.29) is 0 Å². The third kappa shape index (κ3) is 1.92. The lowest BCUT2D eigenvalue weighted by atomic mass is 10.1. The summed E-state index contributed by atoms with van der Waals surface area (Å²) in [5, 5.41) is 0. The fourth-order valence-electron chi connectivity index (χ4n) is 2.14. The van der Waals surface area contributed by atoms with Gasteiger partial charge in [0, 0.05) is 12.4 Å². The molecular formula is C14H12BrN3O2. The fraction of sp³-hybridized carbons (Fsp3) is 0.143. The van der Waals surface area contributed by atoms with E-state index in [2.05, 4.69) is 25.9 Å². The molecule has 0 atom stereocenters. The second-order valence-electron chi connectivity index (χ2n) is 4.08. The van der Waals surface area contributed by atoms with E-state index in [4.69, 9.17) is 9.47 Å². The third-order valence-corrected chi connectivity index (χ3v) is 3.55. The second kappa shape index (κ2) is 5.13. The van der Waals surface area contributed by atoms with Crippen LogP contribution in [-0.4, -0.2) is 28.6 Å². The molecule has 0 aliphatic carbocycles. The summed E-state index contributed by atoms with van der Waals surface area (Å²) in [6, 6.07) is 7.49. The number of rotatable bonds is 3. The average Bonchev–Trinajstić information content (AvgIpc) is 2.83. The molecule has 0 saturated carbocycles. The molecule has 2 heterocycles. The van der Waals surface area contributed by atoms with E-state index in [9.17, 15) is 0 Å². The van der Waals surface area contributed by atoms with Gasteiger partial charge in [-0.1, -0.05) is 6.07 Å². The average molecular weight is 334 g/mol. The molecular weight excluding hydrogens is 322 g/mol. The monoisotopic (exact) mass is 333 g/mol. The number of nitrogens with zero attached hydrogens (tertiary/aromatic N) is 3. The van der Waals surface area contributed by atoms with Gasteiger partial charge in [0.05, 0.1) is 14.2 Å². The van der Waals surface area contributed by atoms with E-state index in [0.29, 0.717) is 21.9 Å². The Morgan fingerprint density at radius 1 is 1.10 bits per heavy atom. The number of halogens is 1. The minimum absolute atomic E-state index is 0.682. The van der Waals surface area contributed by atoms with Crippen molar-refractivity contribution in [1.29, 1.82) is 0 Å². The SMILES string of the molecule is COc1cccc(OC)c1-c1nc(Br)c2ncccn12. The van der Waals surface area contributed by atoms with Crippen LogP contribution in [0.25, 0.3) is 17.0 Å². The number of fused-ring (bicyclic) bond motifs is 1. The summed E-state index contributed by atoms with van der Waals surface area (Å²) in [7, 11) is 3.25. The quantitative estimate of drug-likeness (QED) is 0.738. The van der Waals surface area contributed by atoms with Gasteiger partial charge in [-0.15, -0.1) is 0 Å². The molecule has 0 spiro atoms. The zero-order valence-corrected chi connectivity index (χ0v) is 12.6. The smallest absolute Gasteiger partial charge is 0.171 e. The van der Waals surface area contributed by atoms with Gasteiger partial charge in [-0.25, -0.2) is 9.97 Å². The van der Waals surface area contributed by atoms with Gasteiger partial charge in [0.25, 0.3) is 0 Å². The Kier molecular flexibility index (Phi) is 3.31. The van der Waals surface area contributed by atoms with Gasteiger partial charge in [0.15, 0.2) is 16.1 Å². The number of ether oxygens (including phenoxy) is 2. The number of imidazole rings is 1. The molecule has 3 rings (SSSR count). The highest BCUT2D eigenvalue weighted by molar-refractivity contribution is 9.10. The number of methoxy groups -OCH3 is 2. The number of hydrogen-bond acceptors (Lipinski definition) is 4. The summed E-state index contributed by atoms with van der Waals surface area (Å²) >= 11 is 3.43. The number of aromatic nitrogens is 3. The second-order valence-corrected chi connectivity index (χ2v) is 4.83. The van der Waals surface area contributed by atoms with Crippen molar-refractivity contribution in [2.24, 2.45) is 0 Å². The molecule has 0 unspecified atom stereocenters. The molecule has 0 fully saturated rings. The molecule has 1 aromatic carbocycles. The van der Waals surface area contributed by atoms with Crippen LogP contribution in [0.3, 0.4) is 0 Å². The fourth-order valence-corrected chi connectivity index (χ4v) is 2.60. The van der Waals surface area contributed by atoms with E-state index in [1.54, 1.807) is 20.4 Å². The van der Waals surface area contributed by atoms with Crippen LogP contribution in [0.1, 0.15) is 0 Å². The number of hydrogen-bond donors (Lipinski definition) is 0. The highest BCUT2D eigenvalue weighted by atomic mass is 79.9. The van der Waals surface area contributed by atoms with Crippen molar-refractivity contribution in [1.82, 2.24) is 14.4 Å². The first kappa shape index (κ1) is 12.9. The van der Waals surface area contributed by atoms with E-state index >= 15 is 0 Å². The minimum Gasteiger partial charge on any atom is -0.496 e. The van der Waals surface area contributed by atoms with Crippen molar-refractivity contribution in [2.75, 3.05) is 14.2 Å². The van der Waals surface area contributed by atoms with Crippen LogP contribution in [0.15, 0.2) is 41.3 Å². The van der Waals surface area contributed by atoms with Gasteiger partial charge in [0.2, 0.25) is 0 Å². The Morgan fingerprint density at radius 3 is 2.45 bits per heavy atom. The first-order valence-corrected chi connectivity index (χ1v) is 6.75. The lowest BCUT2D eigenvalue weighted by molar-refractivity contribution is 0.397. The van der Waals surface area contributed by atoms with Crippen LogP contribution in [0.2, 0.25) is 0 Å². The van der Waals surface area contributed by atoms with Gasteiger partial charge in [-0.3, -0.25) is 4.40 Å². The summed E-state index contributed by atoms with van der Waals surface area (Å²) in [5.74, 6) is 2.12. The molecule has 0 aliphatic heterocycles. The molecule has 102 valence electrons. The normalized spacial score (nSPS) is 10.8. The first-order chi connectivity index (χ1) is 9.76. The van der Waals surface area contributed by atoms with E-state index in [1.165, 1.54) is 0 Å². The van der Waals surface area contributed by atoms with Crippen molar-refractivity contribution >= 4 is 21.6 Å².